The molecule has 3 aromatic rings. The maximum absolute atomic E-state index is 14.2. The topological polar surface area (TPSA) is 117 Å². The van der Waals surface area contributed by atoms with Crippen LogP contribution in [0.3, 0.4) is 0 Å². The highest BCUT2D eigenvalue weighted by atomic mass is 32.2. The van der Waals surface area contributed by atoms with Crippen LogP contribution < -0.4 is 34.1 Å². The lowest BCUT2D eigenvalue weighted by molar-refractivity contribution is 0.0437. The summed E-state index contributed by atoms with van der Waals surface area (Å²) >= 11 is 0.508. The van der Waals surface area contributed by atoms with Gasteiger partial charge in [0.1, 0.15) is 0 Å². The summed E-state index contributed by atoms with van der Waals surface area (Å²) in [5.74, 6) is -4.63. The number of carbonyl (C=O) groups is 1. The lowest BCUT2D eigenvalue weighted by Gasteiger charge is -2.27. The summed E-state index contributed by atoms with van der Waals surface area (Å²) in [6.45, 7) is -0.187. The number of hydroxylamine groups is 1. The second-order valence-corrected chi connectivity index (χ2v) is 11.4. The van der Waals surface area contributed by atoms with Gasteiger partial charge in [-0.05, 0) is 48.2 Å². The van der Waals surface area contributed by atoms with E-state index in [1.807, 2.05) is 12.1 Å². The summed E-state index contributed by atoms with van der Waals surface area (Å²) in [6.07, 6.45) is 0.368. The Morgan fingerprint density at radius 1 is 0.833 bits per heavy atom. The fourth-order valence-electron chi connectivity index (χ4n) is 5.25. The minimum absolute atomic E-state index is 0.0286. The number of nitrogens with one attached hydrogen (secondary N) is 1. The number of urea groups is 1. The normalized spacial score (nSPS) is 15.6. The fraction of sp³-hybridized carbons (Fsp3) is 0.406. The minimum Gasteiger partial charge on any atom is -0.493 e. The highest BCUT2D eigenvalue weighted by Crippen LogP contribution is 2.49. The van der Waals surface area contributed by atoms with Crippen molar-refractivity contribution in [2.75, 3.05) is 66.0 Å². The number of carbonyl (C=O) groups excluding carboxylic acids is 1. The number of nitrogens with zero attached hydrogens (tertiary/aromatic N) is 1. The Labute approximate surface area is 278 Å². The third kappa shape index (κ3) is 7.94. The van der Waals surface area contributed by atoms with Gasteiger partial charge < -0.3 is 33.2 Å². The summed E-state index contributed by atoms with van der Waals surface area (Å²) in [7, 11) is 7.36. The predicted octanol–water partition coefficient (Wildman–Crippen LogP) is 6.59. The summed E-state index contributed by atoms with van der Waals surface area (Å²) < 4.78 is 95.4. The van der Waals surface area contributed by atoms with Crippen molar-refractivity contribution in [2.24, 2.45) is 0 Å². The van der Waals surface area contributed by atoms with Gasteiger partial charge in [-0.25, -0.2) is 27.8 Å². The molecule has 0 aromatic heterocycles. The zero-order valence-electron chi connectivity index (χ0n) is 26.9. The van der Waals surface area contributed by atoms with Gasteiger partial charge in [0.05, 0.1) is 71.0 Å². The first-order valence-corrected chi connectivity index (χ1v) is 15.6. The number of rotatable bonds is 15. The van der Waals surface area contributed by atoms with Crippen LogP contribution in [0.1, 0.15) is 36.2 Å². The third-order valence-corrected chi connectivity index (χ3v) is 8.54. The minimum atomic E-state index is -1.53. The molecule has 1 aliphatic heterocycles. The molecule has 4 rings (SSSR count). The molecule has 0 radical (unpaired) electrons. The van der Waals surface area contributed by atoms with Crippen LogP contribution in [0, 0.1) is 23.3 Å². The standard InChI is InChI=1S/C32H36F4N2O9S/c1-41-9-8-38(32(39)37-40)21-12-17(22-6-7-23(47-22)18-14-25(43-3)30(45-5)26(15-18)44-4)13-24(42-2)29(21)46-10-11-48-31-27(35)19(33)16-20(34)28(31)36/h12-16,22-23,40H,6-11H2,1-5H3,(H,37,39). The Morgan fingerprint density at radius 3 is 1.88 bits per heavy atom. The Kier molecular flexibility index (Phi) is 12.9. The highest BCUT2D eigenvalue weighted by molar-refractivity contribution is 7.99. The van der Waals surface area contributed by atoms with E-state index in [2.05, 4.69) is 0 Å². The zero-order valence-corrected chi connectivity index (χ0v) is 27.7. The van der Waals surface area contributed by atoms with Crippen LogP contribution >= 0.6 is 11.8 Å². The van der Waals surface area contributed by atoms with E-state index in [9.17, 15) is 27.6 Å². The van der Waals surface area contributed by atoms with E-state index in [0.717, 1.165) is 10.5 Å². The number of ether oxygens (including phenoxy) is 7. The molecule has 1 saturated heterocycles. The van der Waals surface area contributed by atoms with Gasteiger partial charge in [0, 0.05) is 18.9 Å². The molecule has 0 spiro atoms. The molecule has 3 aromatic carbocycles. The zero-order chi connectivity index (χ0) is 35.0. The van der Waals surface area contributed by atoms with Gasteiger partial charge in [-0.1, -0.05) is 0 Å². The molecule has 1 aliphatic rings. The molecule has 1 heterocycles. The van der Waals surface area contributed by atoms with Crippen molar-refractivity contribution in [1.29, 1.82) is 0 Å². The average molecular weight is 701 g/mol. The van der Waals surface area contributed by atoms with Gasteiger partial charge in [0.25, 0.3) is 0 Å². The van der Waals surface area contributed by atoms with Gasteiger partial charge in [0.15, 0.2) is 46.3 Å². The Hall–Kier alpha value is -4.12. The molecule has 262 valence electrons. The third-order valence-electron chi connectivity index (χ3n) is 7.53. The number of hydrogen-bond donors (Lipinski definition) is 2. The monoisotopic (exact) mass is 700 g/mol. The number of halogens is 4. The molecule has 0 saturated carbocycles. The average Bonchev–Trinajstić information content (AvgIpc) is 3.60. The van der Waals surface area contributed by atoms with Crippen LogP contribution in [-0.2, 0) is 9.47 Å². The maximum Gasteiger partial charge on any atom is 0.345 e. The van der Waals surface area contributed by atoms with Crippen molar-refractivity contribution >= 4 is 23.5 Å². The molecular weight excluding hydrogens is 664 g/mol. The van der Waals surface area contributed by atoms with Gasteiger partial charge in [-0.15, -0.1) is 11.8 Å². The van der Waals surface area contributed by atoms with Gasteiger partial charge in [-0.2, -0.15) is 0 Å². The van der Waals surface area contributed by atoms with E-state index >= 15 is 0 Å². The van der Waals surface area contributed by atoms with Gasteiger partial charge in [-0.3, -0.25) is 10.1 Å². The van der Waals surface area contributed by atoms with E-state index in [-0.39, 0.29) is 54.9 Å². The van der Waals surface area contributed by atoms with Crippen LogP contribution in [0.2, 0.25) is 0 Å². The first-order chi connectivity index (χ1) is 23.1. The lowest BCUT2D eigenvalue weighted by atomic mass is 10.0. The van der Waals surface area contributed by atoms with Crippen LogP contribution in [-0.4, -0.2) is 72.3 Å². The summed E-state index contributed by atoms with van der Waals surface area (Å²) in [5, 5.41) is 9.54. The SMILES string of the molecule is COCCN(C(=O)NO)c1cc(C2CCC(c3cc(OC)c(OC)c(OC)c3)O2)cc(OC)c1OCCSc1c(F)c(F)cc(F)c1F. The largest absolute Gasteiger partial charge is 0.493 e. The number of anilines is 1. The van der Waals surface area contributed by atoms with E-state index < -0.39 is 40.3 Å². The Morgan fingerprint density at radius 2 is 1.38 bits per heavy atom. The van der Waals surface area contributed by atoms with Crippen LogP contribution in [0.5, 0.6) is 28.7 Å². The van der Waals surface area contributed by atoms with E-state index in [4.69, 9.17) is 33.2 Å². The summed E-state index contributed by atoms with van der Waals surface area (Å²) in [5.41, 5.74) is 3.18. The molecule has 2 amide bonds. The summed E-state index contributed by atoms with van der Waals surface area (Å²) in [4.78, 5) is 13.2. The molecule has 16 heteroatoms. The van der Waals surface area contributed by atoms with Crippen molar-refractivity contribution in [3.05, 3.63) is 64.7 Å². The van der Waals surface area contributed by atoms with Crippen molar-refractivity contribution in [2.45, 2.75) is 29.9 Å². The first-order valence-electron chi connectivity index (χ1n) is 14.6. The fourth-order valence-corrected chi connectivity index (χ4v) is 6.07. The molecule has 11 nitrogen and oxygen atoms in total. The molecule has 48 heavy (non-hydrogen) atoms. The molecule has 2 N–H and O–H groups in total. The number of amides is 2. The van der Waals surface area contributed by atoms with Gasteiger partial charge >= 0.3 is 6.03 Å². The van der Waals surface area contributed by atoms with E-state index in [1.165, 1.54) is 35.5 Å². The van der Waals surface area contributed by atoms with Gasteiger partial charge in [0.2, 0.25) is 5.75 Å². The molecule has 0 bridgehead atoms. The molecule has 2 unspecified atom stereocenters. The van der Waals surface area contributed by atoms with Crippen LogP contribution in [0.15, 0.2) is 35.2 Å². The second-order valence-electron chi connectivity index (χ2n) is 10.3. The molecule has 1 fully saturated rings. The van der Waals surface area contributed by atoms with Crippen LogP contribution in [0.4, 0.5) is 28.0 Å². The molecule has 0 aliphatic carbocycles. The Balaban J connectivity index is 1.65. The Bertz CT molecular complexity index is 1550. The van der Waals surface area contributed by atoms with E-state index in [1.54, 1.807) is 17.6 Å². The lowest BCUT2D eigenvalue weighted by Crippen LogP contribution is -2.40. The number of benzene rings is 3. The first kappa shape index (κ1) is 36.7. The number of methoxy groups -OCH3 is 5. The van der Waals surface area contributed by atoms with Crippen molar-refractivity contribution < 1.29 is 60.7 Å². The number of thioether (sulfide) groups is 1. The van der Waals surface area contributed by atoms with Crippen molar-refractivity contribution in [3.8, 4) is 28.7 Å². The van der Waals surface area contributed by atoms with Crippen molar-refractivity contribution in [1.82, 2.24) is 5.48 Å². The summed E-state index contributed by atoms with van der Waals surface area (Å²) in [6, 6.07) is 6.14. The van der Waals surface area contributed by atoms with Crippen LogP contribution in [0.25, 0.3) is 0 Å². The quantitative estimate of drug-likeness (QED) is 0.0449. The predicted molar refractivity (Wildman–Crippen MR) is 167 cm³/mol. The van der Waals surface area contributed by atoms with Crippen molar-refractivity contribution in [3.63, 3.8) is 0 Å². The molecule has 2 atom stereocenters. The smallest absolute Gasteiger partial charge is 0.345 e. The maximum atomic E-state index is 14.2. The number of hydrogen-bond acceptors (Lipinski definition) is 10. The second kappa shape index (κ2) is 16.8. The highest BCUT2D eigenvalue weighted by Gasteiger charge is 2.32. The molecular formula is C32H36F4N2O9S. The van der Waals surface area contributed by atoms with E-state index in [0.29, 0.717) is 47.4 Å².